The van der Waals surface area contributed by atoms with Crippen LogP contribution in [0.1, 0.15) is 17.5 Å². The second-order valence-electron chi connectivity index (χ2n) is 5.93. The Kier molecular flexibility index (Phi) is 4.68. The van der Waals surface area contributed by atoms with Crippen LogP contribution >= 0.6 is 0 Å². The average Bonchev–Trinajstić information content (AvgIpc) is 2.95. The zero-order valence-electron chi connectivity index (χ0n) is 13.3. The predicted molar refractivity (Wildman–Crippen MR) is 93.3 cm³/mol. The van der Waals surface area contributed by atoms with E-state index in [1.54, 1.807) is 12.1 Å². The Bertz CT molecular complexity index is 770. The first-order valence-corrected chi connectivity index (χ1v) is 9.44. The normalized spacial score (nSPS) is 14.0. The van der Waals surface area contributed by atoms with Gasteiger partial charge in [-0.2, -0.15) is 0 Å². The maximum atomic E-state index is 12.2. The molecular formula is C18H22N2O2S. The molecular weight excluding hydrogens is 308 g/mol. The fourth-order valence-corrected chi connectivity index (χ4v) is 3.99. The summed E-state index contributed by atoms with van der Waals surface area (Å²) in [4.78, 5) is 2.66. The van der Waals surface area contributed by atoms with Crippen LogP contribution in [0.15, 0.2) is 53.4 Å². The van der Waals surface area contributed by atoms with Gasteiger partial charge in [0.15, 0.2) is 0 Å². The summed E-state index contributed by atoms with van der Waals surface area (Å²) in [5.74, 6) is 0. The van der Waals surface area contributed by atoms with Crippen molar-refractivity contribution in [2.45, 2.75) is 24.7 Å². The molecule has 0 saturated carbocycles. The predicted octanol–water partition coefficient (Wildman–Crippen LogP) is 2.73. The highest BCUT2D eigenvalue weighted by Gasteiger charge is 2.18. The average molecular weight is 330 g/mol. The van der Waals surface area contributed by atoms with Gasteiger partial charge in [0.1, 0.15) is 0 Å². The second kappa shape index (κ2) is 6.72. The third kappa shape index (κ3) is 3.74. The lowest BCUT2D eigenvalue weighted by atomic mass is 10.2. The van der Waals surface area contributed by atoms with E-state index in [1.807, 2.05) is 19.1 Å². The third-order valence-electron chi connectivity index (χ3n) is 4.21. The van der Waals surface area contributed by atoms with Gasteiger partial charge in [-0.05, 0) is 43.5 Å². The maximum Gasteiger partial charge on any atom is 0.240 e. The van der Waals surface area contributed by atoms with Gasteiger partial charge in [-0.25, -0.2) is 13.1 Å². The zero-order chi connectivity index (χ0) is 16.3. The standard InChI is InChI=1S/C18H22N2O2S/c1-15-7-9-17(10-8-15)23(21,22)19-12-4-13-20-14-11-16-5-2-3-6-18(16)20/h2-3,5-10,19H,4,11-14H2,1H3. The number of aryl methyl sites for hydroxylation is 1. The summed E-state index contributed by atoms with van der Waals surface area (Å²) in [6.07, 6.45) is 1.87. The molecule has 2 aromatic rings. The highest BCUT2D eigenvalue weighted by Crippen LogP contribution is 2.27. The fraction of sp³-hybridized carbons (Fsp3) is 0.333. The molecule has 0 fully saturated rings. The number of benzene rings is 2. The Hall–Kier alpha value is -1.85. The van der Waals surface area contributed by atoms with Gasteiger partial charge in [0.2, 0.25) is 10.0 Å². The maximum absolute atomic E-state index is 12.2. The van der Waals surface area contributed by atoms with Crippen LogP contribution in [0, 0.1) is 6.92 Å². The summed E-state index contributed by atoms with van der Waals surface area (Å²) in [6.45, 7) is 4.28. The lowest BCUT2D eigenvalue weighted by Gasteiger charge is -2.19. The van der Waals surface area contributed by atoms with Crippen LogP contribution in [0.2, 0.25) is 0 Å². The smallest absolute Gasteiger partial charge is 0.240 e. The molecule has 1 N–H and O–H groups in total. The molecule has 1 aliphatic rings. The van der Waals surface area contributed by atoms with E-state index < -0.39 is 10.0 Å². The van der Waals surface area contributed by atoms with Crippen molar-refractivity contribution in [3.63, 3.8) is 0 Å². The van der Waals surface area contributed by atoms with Crippen LogP contribution in [0.5, 0.6) is 0 Å². The van der Waals surface area contributed by atoms with Crippen LogP contribution in [0.3, 0.4) is 0 Å². The summed E-state index contributed by atoms with van der Waals surface area (Å²) in [7, 11) is -3.40. The van der Waals surface area contributed by atoms with Crippen molar-refractivity contribution in [1.29, 1.82) is 0 Å². The molecule has 0 radical (unpaired) electrons. The minimum atomic E-state index is -3.40. The number of nitrogens with zero attached hydrogens (tertiary/aromatic N) is 1. The van der Waals surface area contributed by atoms with Crippen LogP contribution < -0.4 is 9.62 Å². The molecule has 4 nitrogen and oxygen atoms in total. The molecule has 23 heavy (non-hydrogen) atoms. The Labute approximate surface area is 138 Å². The molecule has 0 amide bonds. The van der Waals surface area contributed by atoms with E-state index >= 15 is 0 Å². The number of sulfonamides is 1. The van der Waals surface area contributed by atoms with Crippen LogP contribution in [0.4, 0.5) is 5.69 Å². The molecule has 3 rings (SSSR count). The van der Waals surface area contributed by atoms with E-state index in [0.29, 0.717) is 11.4 Å². The molecule has 0 aromatic heterocycles. The first-order chi connectivity index (χ1) is 11.1. The van der Waals surface area contributed by atoms with E-state index in [2.05, 4.69) is 33.9 Å². The first-order valence-electron chi connectivity index (χ1n) is 7.95. The molecule has 122 valence electrons. The van der Waals surface area contributed by atoms with Gasteiger partial charge in [0.25, 0.3) is 0 Å². The van der Waals surface area contributed by atoms with Crippen LogP contribution in [-0.2, 0) is 16.4 Å². The SMILES string of the molecule is Cc1ccc(S(=O)(=O)NCCCN2CCc3ccccc32)cc1. The van der Waals surface area contributed by atoms with Crippen LogP contribution in [0.25, 0.3) is 0 Å². The van der Waals surface area contributed by atoms with Gasteiger partial charge in [-0.15, -0.1) is 0 Å². The van der Waals surface area contributed by atoms with Crippen molar-refractivity contribution in [3.05, 3.63) is 59.7 Å². The molecule has 0 aliphatic carbocycles. The van der Waals surface area contributed by atoms with Gasteiger partial charge in [0.05, 0.1) is 4.90 Å². The molecule has 1 heterocycles. The quantitative estimate of drug-likeness (QED) is 0.829. The molecule has 0 atom stereocenters. The van der Waals surface area contributed by atoms with Gasteiger partial charge < -0.3 is 4.90 Å². The van der Waals surface area contributed by atoms with E-state index in [9.17, 15) is 8.42 Å². The first kappa shape index (κ1) is 16.0. The summed E-state index contributed by atoms with van der Waals surface area (Å²) in [5.41, 5.74) is 3.72. The molecule has 0 bridgehead atoms. The Morgan fingerprint density at radius 1 is 1.09 bits per heavy atom. The lowest BCUT2D eigenvalue weighted by Crippen LogP contribution is -2.29. The van der Waals surface area contributed by atoms with Gasteiger partial charge >= 0.3 is 0 Å². The molecule has 1 aliphatic heterocycles. The Morgan fingerprint density at radius 2 is 1.83 bits per heavy atom. The number of nitrogens with one attached hydrogen (secondary N) is 1. The molecule has 0 saturated heterocycles. The topological polar surface area (TPSA) is 49.4 Å². The van der Waals surface area contributed by atoms with E-state index in [1.165, 1.54) is 11.3 Å². The van der Waals surface area contributed by atoms with Gasteiger partial charge in [0, 0.05) is 25.3 Å². The molecule has 2 aromatic carbocycles. The van der Waals surface area contributed by atoms with E-state index in [-0.39, 0.29) is 0 Å². The van der Waals surface area contributed by atoms with Gasteiger partial charge in [-0.3, -0.25) is 0 Å². The number of rotatable bonds is 6. The van der Waals surface area contributed by atoms with Crippen molar-refractivity contribution in [2.24, 2.45) is 0 Å². The number of hydrogen-bond donors (Lipinski definition) is 1. The van der Waals surface area contributed by atoms with Crippen molar-refractivity contribution in [1.82, 2.24) is 4.72 Å². The van der Waals surface area contributed by atoms with Crippen molar-refractivity contribution in [2.75, 3.05) is 24.5 Å². The number of fused-ring (bicyclic) bond motifs is 1. The highest BCUT2D eigenvalue weighted by atomic mass is 32.2. The second-order valence-corrected chi connectivity index (χ2v) is 7.70. The minimum Gasteiger partial charge on any atom is -0.371 e. The Balaban J connectivity index is 1.51. The minimum absolute atomic E-state index is 0.328. The van der Waals surface area contributed by atoms with Crippen molar-refractivity contribution in [3.8, 4) is 0 Å². The number of hydrogen-bond acceptors (Lipinski definition) is 3. The zero-order valence-corrected chi connectivity index (χ0v) is 14.1. The third-order valence-corrected chi connectivity index (χ3v) is 5.69. The molecule has 0 unspecified atom stereocenters. The fourth-order valence-electron chi connectivity index (χ4n) is 2.92. The Morgan fingerprint density at radius 3 is 2.61 bits per heavy atom. The van der Waals surface area contributed by atoms with Gasteiger partial charge in [-0.1, -0.05) is 35.9 Å². The number of para-hydroxylation sites is 1. The van der Waals surface area contributed by atoms with Crippen molar-refractivity contribution >= 4 is 15.7 Å². The number of anilines is 1. The largest absolute Gasteiger partial charge is 0.371 e. The summed E-state index contributed by atoms with van der Waals surface area (Å²) in [5, 5.41) is 0. The molecule has 5 heteroatoms. The molecule has 0 spiro atoms. The monoisotopic (exact) mass is 330 g/mol. The van der Waals surface area contributed by atoms with E-state index in [0.717, 1.165) is 31.5 Å². The van der Waals surface area contributed by atoms with Crippen LogP contribution in [-0.4, -0.2) is 28.1 Å². The lowest BCUT2D eigenvalue weighted by molar-refractivity contribution is 0.578. The summed E-state index contributed by atoms with van der Waals surface area (Å²) >= 11 is 0. The summed E-state index contributed by atoms with van der Waals surface area (Å²) in [6, 6.07) is 15.3. The highest BCUT2D eigenvalue weighted by molar-refractivity contribution is 7.89. The van der Waals surface area contributed by atoms with E-state index in [4.69, 9.17) is 0 Å². The summed E-state index contributed by atoms with van der Waals surface area (Å²) < 4.78 is 27.1. The van der Waals surface area contributed by atoms with Crippen molar-refractivity contribution < 1.29 is 8.42 Å².